The topological polar surface area (TPSA) is 64.6 Å². The average molecular weight is 317 g/mol. The number of amides is 1. The third-order valence-electron chi connectivity index (χ3n) is 2.85. The molecular weight excluding hydrogens is 294 g/mol. The monoisotopic (exact) mass is 317 g/mol. The third kappa shape index (κ3) is 6.88. The number of rotatable bonds is 3. The van der Waals surface area contributed by atoms with E-state index in [1.807, 2.05) is 31.2 Å². The molecule has 0 radical (unpaired) electrons. The van der Waals surface area contributed by atoms with Gasteiger partial charge in [0.1, 0.15) is 11.6 Å². The van der Waals surface area contributed by atoms with E-state index >= 15 is 0 Å². The second-order valence-electron chi connectivity index (χ2n) is 6.04. The van der Waals surface area contributed by atoms with Gasteiger partial charge in [0.15, 0.2) is 0 Å². The molecule has 1 rings (SSSR count). The number of carbonyl (C=O) groups is 2. The van der Waals surface area contributed by atoms with Crippen LogP contribution in [0, 0.1) is 18.8 Å². The maximum Gasteiger partial charge on any atom is 0.408 e. The van der Waals surface area contributed by atoms with Crippen LogP contribution in [0.1, 0.15) is 38.3 Å². The van der Waals surface area contributed by atoms with Crippen LogP contribution in [0.5, 0.6) is 0 Å². The fourth-order valence-electron chi connectivity index (χ4n) is 1.75. The number of carbonyl (C=O) groups excluding carboxylic acids is 2. The molecule has 0 spiro atoms. The Morgan fingerprint density at radius 1 is 1.26 bits per heavy atom. The molecule has 1 aromatic rings. The standard InChI is InChI=1S/C18H23NO4/c1-13-9-6-7-10-14(13)11-8-12-15(16(20)22-5)19-17(21)23-18(2,3)4/h6-7,9-10,15H,12H2,1-5H3,(H,19,21)/t15-/m0/s1. The van der Waals surface area contributed by atoms with Gasteiger partial charge in [-0.05, 0) is 39.3 Å². The first-order valence-corrected chi connectivity index (χ1v) is 7.35. The number of hydrogen-bond acceptors (Lipinski definition) is 4. The number of aryl methyl sites for hydroxylation is 1. The van der Waals surface area contributed by atoms with Crippen molar-refractivity contribution in [3.63, 3.8) is 0 Å². The summed E-state index contributed by atoms with van der Waals surface area (Å²) >= 11 is 0. The molecule has 0 aromatic heterocycles. The molecule has 0 aliphatic heterocycles. The van der Waals surface area contributed by atoms with Crippen LogP contribution in [0.15, 0.2) is 24.3 Å². The predicted molar refractivity (Wildman–Crippen MR) is 87.8 cm³/mol. The number of nitrogens with one attached hydrogen (secondary N) is 1. The normalized spacial score (nSPS) is 11.7. The summed E-state index contributed by atoms with van der Waals surface area (Å²) in [5, 5.41) is 2.49. The third-order valence-corrected chi connectivity index (χ3v) is 2.85. The van der Waals surface area contributed by atoms with Crippen molar-refractivity contribution in [3.05, 3.63) is 35.4 Å². The molecule has 0 bridgehead atoms. The van der Waals surface area contributed by atoms with Crippen LogP contribution >= 0.6 is 0 Å². The van der Waals surface area contributed by atoms with Gasteiger partial charge >= 0.3 is 12.1 Å². The van der Waals surface area contributed by atoms with Crippen molar-refractivity contribution in [2.75, 3.05) is 7.11 Å². The van der Waals surface area contributed by atoms with Crippen molar-refractivity contribution in [2.24, 2.45) is 0 Å². The first-order chi connectivity index (χ1) is 10.7. The van der Waals surface area contributed by atoms with Gasteiger partial charge in [-0.15, -0.1) is 0 Å². The minimum absolute atomic E-state index is 0.139. The van der Waals surface area contributed by atoms with Crippen LogP contribution in [-0.4, -0.2) is 30.8 Å². The highest BCUT2D eigenvalue weighted by Gasteiger charge is 2.24. The first kappa shape index (κ1) is 18.6. The lowest BCUT2D eigenvalue weighted by Gasteiger charge is -2.21. The number of hydrogen-bond donors (Lipinski definition) is 1. The molecule has 1 atom stereocenters. The van der Waals surface area contributed by atoms with Crippen LogP contribution in [0.25, 0.3) is 0 Å². The Balaban J connectivity index is 2.75. The summed E-state index contributed by atoms with van der Waals surface area (Å²) in [4.78, 5) is 23.5. The molecule has 0 saturated carbocycles. The van der Waals surface area contributed by atoms with Crippen molar-refractivity contribution in [1.29, 1.82) is 0 Å². The summed E-state index contributed by atoms with van der Waals surface area (Å²) < 4.78 is 9.83. The Morgan fingerprint density at radius 2 is 1.91 bits per heavy atom. The number of benzene rings is 1. The van der Waals surface area contributed by atoms with Crippen LogP contribution in [0.3, 0.4) is 0 Å². The Labute approximate surface area is 137 Å². The molecular formula is C18H23NO4. The Hall–Kier alpha value is -2.48. The molecule has 0 heterocycles. The molecule has 0 aliphatic carbocycles. The van der Waals surface area contributed by atoms with Crippen LogP contribution < -0.4 is 5.32 Å². The zero-order valence-corrected chi connectivity index (χ0v) is 14.2. The fraction of sp³-hybridized carbons (Fsp3) is 0.444. The Morgan fingerprint density at radius 3 is 2.48 bits per heavy atom. The second kappa shape index (κ2) is 8.23. The summed E-state index contributed by atoms with van der Waals surface area (Å²) in [6.07, 6.45) is -0.536. The van der Waals surface area contributed by atoms with E-state index in [2.05, 4.69) is 17.2 Å². The molecule has 124 valence electrons. The van der Waals surface area contributed by atoms with E-state index in [4.69, 9.17) is 9.47 Å². The van der Waals surface area contributed by atoms with Crippen LogP contribution in [-0.2, 0) is 14.3 Å². The van der Waals surface area contributed by atoms with Crippen LogP contribution in [0.4, 0.5) is 4.79 Å². The van der Waals surface area contributed by atoms with E-state index in [0.29, 0.717) is 0 Å². The number of methoxy groups -OCH3 is 1. The summed E-state index contributed by atoms with van der Waals surface area (Å²) in [6, 6.07) is 6.82. The molecule has 0 fully saturated rings. The SMILES string of the molecule is COC(=O)[C@H](CC#Cc1ccccc1C)NC(=O)OC(C)(C)C. The van der Waals surface area contributed by atoms with E-state index in [-0.39, 0.29) is 6.42 Å². The summed E-state index contributed by atoms with van der Waals surface area (Å²) in [5.41, 5.74) is 1.29. The zero-order chi connectivity index (χ0) is 17.5. The van der Waals surface area contributed by atoms with Crippen molar-refractivity contribution in [2.45, 2.75) is 45.8 Å². The highest BCUT2D eigenvalue weighted by Crippen LogP contribution is 2.08. The van der Waals surface area contributed by atoms with E-state index in [9.17, 15) is 9.59 Å². The van der Waals surface area contributed by atoms with Gasteiger partial charge in [-0.1, -0.05) is 30.0 Å². The Kier molecular flexibility index (Phi) is 6.65. The van der Waals surface area contributed by atoms with E-state index in [1.165, 1.54) is 7.11 Å². The van der Waals surface area contributed by atoms with E-state index in [0.717, 1.165) is 11.1 Å². The van der Waals surface area contributed by atoms with Crippen molar-refractivity contribution in [1.82, 2.24) is 5.32 Å². The molecule has 5 nitrogen and oxygen atoms in total. The van der Waals surface area contributed by atoms with E-state index < -0.39 is 23.7 Å². The highest BCUT2D eigenvalue weighted by atomic mass is 16.6. The average Bonchev–Trinajstić information content (AvgIpc) is 2.45. The molecule has 1 amide bonds. The predicted octanol–water partition coefficient (Wildman–Crippen LogP) is 2.80. The smallest absolute Gasteiger partial charge is 0.408 e. The quantitative estimate of drug-likeness (QED) is 0.688. The van der Waals surface area contributed by atoms with Gasteiger partial charge in [-0.3, -0.25) is 0 Å². The van der Waals surface area contributed by atoms with Crippen molar-refractivity contribution < 1.29 is 19.1 Å². The number of alkyl carbamates (subject to hydrolysis) is 1. The zero-order valence-electron chi connectivity index (χ0n) is 14.2. The van der Waals surface area contributed by atoms with Gasteiger partial charge in [0.25, 0.3) is 0 Å². The fourth-order valence-corrected chi connectivity index (χ4v) is 1.75. The lowest BCUT2D eigenvalue weighted by molar-refractivity contribution is -0.143. The van der Waals surface area contributed by atoms with Gasteiger partial charge in [0, 0.05) is 12.0 Å². The molecule has 0 aliphatic rings. The minimum Gasteiger partial charge on any atom is -0.467 e. The summed E-state index contributed by atoms with van der Waals surface area (Å²) in [5.74, 6) is 5.34. The number of esters is 1. The molecule has 5 heteroatoms. The summed E-state index contributed by atoms with van der Waals surface area (Å²) in [6.45, 7) is 7.20. The molecule has 1 aromatic carbocycles. The molecule has 1 N–H and O–H groups in total. The lowest BCUT2D eigenvalue weighted by Crippen LogP contribution is -2.43. The lowest BCUT2D eigenvalue weighted by atomic mass is 10.1. The van der Waals surface area contributed by atoms with Gasteiger partial charge in [0.2, 0.25) is 0 Å². The van der Waals surface area contributed by atoms with Gasteiger partial charge < -0.3 is 14.8 Å². The van der Waals surface area contributed by atoms with Crippen LogP contribution in [0.2, 0.25) is 0 Å². The second-order valence-corrected chi connectivity index (χ2v) is 6.04. The van der Waals surface area contributed by atoms with Crippen molar-refractivity contribution in [3.8, 4) is 11.8 Å². The minimum atomic E-state index is -0.869. The maximum absolute atomic E-state index is 11.8. The Bertz CT molecular complexity index is 620. The van der Waals surface area contributed by atoms with Gasteiger partial charge in [0.05, 0.1) is 7.11 Å². The van der Waals surface area contributed by atoms with Gasteiger partial charge in [-0.25, -0.2) is 9.59 Å². The molecule has 0 saturated heterocycles. The largest absolute Gasteiger partial charge is 0.467 e. The molecule has 23 heavy (non-hydrogen) atoms. The maximum atomic E-state index is 11.8. The first-order valence-electron chi connectivity index (χ1n) is 7.35. The highest BCUT2D eigenvalue weighted by molar-refractivity contribution is 5.81. The van der Waals surface area contributed by atoms with Crippen molar-refractivity contribution >= 4 is 12.1 Å². The number of ether oxygens (including phenoxy) is 2. The van der Waals surface area contributed by atoms with E-state index in [1.54, 1.807) is 20.8 Å². The molecule has 0 unspecified atom stereocenters. The van der Waals surface area contributed by atoms with Gasteiger partial charge in [-0.2, -0.15) is 0 Å². The summed E-state index contributed by atoms with van der Waals surface area (Å²) in [7, 11) is 1.26.